The molecular formula is C15H22N2O2. The van der Waals surface area contributed by atoms with Gasteiger partial charge in [-0.1, -0.05) is 13.0 Å². The summed E-state index contributed by atoms with van der Waals surface area (Å²) in [7, 11) is 0. The normalized spacial score (nSPS) is 24.4. The summed E-state index contributed by atoms with van der Waals surface area (Å²) in [4.78, 5) is 13.5. The highest BCUT2D eigenvalue weighted by atomic mass is 16.3. The smallest absolute Gasteiger partial charge is 0.248 e. The van der Waals surface area contributed by atoms with Crippen LogP contribution in [-0.4, -0.2) is 35.1 Å². The van der Waals surface area contributed by atoms with Crippen LogP contribution in [0.15, 0.2) is 18.2 Å². The van der Waals surface area contributed by atoms with Crippen LogP contribution in [0, 0.1) is 12.8 Å². The minimum Gasteiger partial charge on any atom is -0.393 e. The summed E-state index contributed by atoms with van der Waals surface area (Å²) in [5.74, 6) is -0.0664. The lowest BCUT2D eigenvalue weighted by molar-refractivity contribution is 0.0319. The van der Waals surface area contributed by atoms with Crippen molar-refractivity contribution in [2.75, 3.05) is 13.1 Å². The Labute approximate surface area is 114 Å². The van der Waals surface area contributed by atoms with Crippen LogP contribution in [-0.2, 0) is 6.54 Å². The van der Waals surface area contributed by atoms with Crippen molar-refractivity contribution in [3.05, 3.63) is 34.9 Å². The molecule has 2 atom stereocenters. The number of aryl methyl sites for hydroxylation is 1. The average Bonchev–Trinajstić information content (AvgIpc) is 2.36. The van der Waals surface area contributed by atoms with E-state index in [1.54, 1.807) is 6.07 Å². The molecule has 1 fully saturated rings. The molecule has 0 spiro atoms. The van der Waals surface area contributed by atoms with Crippen LogP contribution in [0.3, 0.4) is 0 Å². The van der Waals surface area contributed by atoms with Crippen molar-refractivity contribution in [1.29, 1.82) is 0 Å². The summed E-state index contributed by atoms with van der Waals surface area (Å²) in [5.41, 5.74) is 8.14. The summed E-state index contributed by atoms with van der Waals surface area (Å²) < 4.78 is 0. The molecule has 2 rings (SSSR count). The molecule has 0 aliphatic carbocycles. The van der Waals surface area contributed by atoms with Crippen LogP contribution in [0.25, 0.3) is 0 Å². The number of benzene rings is 1. The molecule has 1 aliphatic rings. The molecule has 0 radical (unpaired) electrons. The van der Waals surface area contributed by atoms with Crippen molar-refractivity contribution in [3.63, 3.8) is 0 Å². The number of rotatable bonds is 3. The third-order valence-electron chi connectivity index (χ3n) is 3.97. The Bertz CT molecular complexity index is 473. The third-order valence-corrected chi connectivity index (χ3v) is 3.97. The van der Waals surface area contributed by atoms with Gasteiger partial charge < -0.3 is 10.8 Å². The van der Waals surface area contributed by atoms with Crippen molar-refractivity contribution in [2.45, 2.75) is 32.9 Å². The van der Waals surface area contributed by atoms with E-state index in [-0.39, 0.29) is 12.0 Å². The molecule has 1 saturated heterocycles. The number of piperidine rings is 1. The quantitative estimate of drug-likeness (QED) is 0.862. The molecule has 1 amide bonds. The molecule has 4 heteroatoms. The van der Waals surface area contributed by atoms with Gasteiger partial charge >= 0.3 is 0 Å². The van der Waals surface area contributed by atoms with Gasteiger partial charge in [0, 0.05) is 25.2 Å². The van der Waals surface area contributed by atoms with E-state index < -0.39 is 0 Å². The summed E-state index contributed by atoms with van der Waals surface area (Å²) in [6.07, 6.45) is 0.661. The van der Waals surface area contributed by atoms with E-state index in [1.165, 1.54) is 5.56 Å². The van der Waals surface area contributed by atoms with Gasteiger partial charge in [-0.3, -0.25) is 9.69 Å². The molecule has 0 bridgehead atoms. The van der Waals surface area contributed by atoms with Gasteiger partial charge in [0.25, 0.3) is 0 Å². The van der Waals surface area contributed by atoms with E-state index in [9.17, 15) is 9.90 Å². The number of likely N-dealkylation sites (tertiary alicyclic amines) is 1. The number of nitrogens with two attached hydrogens (primary N) is 1. The fourth-order valence-corrected chi connectivity index (χ4v) is 2.63. The lowest BCUT2D eigenvalue weighted by Crippen LogP contribution is -2.41. The Morgan fingerprint density at radius 3 is 2.84 bits per heavy atom. The number of primary amides is 1. The second-order valence-corrected chi connectivity index (χ2v) is 5.57. The predicted molar refractivity (Wildman–Crippen MR) is 74.8 cm³/mol. The van der Waals surface area contributed by atoms with Crippen LogP contribution in [0.1, 0.15) is 34.8 Å². The number of aliphatic hydroxyl groups excluding tert-OH is 1. The van der Waals surface area contributed by atoms with Gasteiger partial charge in [0.15, 0.2) is 0 Å². The molecule has 4 nitrogen and oxygen atoms in total. The van der Waals surface area contributed by atoms with E-state index in [4.69, 9.17) is 5.73 Å². The van der Waals surface area contributed by atoms with Crippen LogP contribution in [0.2, 0.25) is 0 Å². The first-order valence-electron chi connectivity index (χ1n) is 6.77. The number of carbonyl (C=O) groups is 1. The monoisotopic (exact) mass is 262 g/mol. The summed E-state index contributed by atoms with van der Waals surface area (Å²) >= 11 is 0. The number of hydrogen-bond donors (Lipinski definition) is 2. The highest BCUT2D eigenvalue weighted by Gasteiger charge is 2.24. The molecule has 0 aromatic heterocycles. The molecule has 1 aromatic rings. The van der Waals surface area contributed by atoms with Gasteiger partial charge in [0.1, 0.15) is 0 Å². The molecule has 104 valence electrons. The van der Waals surface area contributed by atoms with Gasteiger partial charge in [-0.15, -0.1) is 0 Å². The second kappa shape index (κ2) is 5.72. The number of amides is 1. The summed E-state index contributed by atoms with van der Waals surface area (Å²) in [6.45, 7) is 6.78. The zero-order valence-electron chi connectivity index (χ0n) is 11.6. The fraction of sp³-hybridized carbons (Fsp3) is 0.533. The highest BCUT2D eigenvalue weighted by Crippen LogP contribution is 2.20. The molecule has 3 N–H and O–H groups in total. The first-order chi connectivity index (χ1) is 8.97. The van der Waals surface area contributed by atoms with Crippen molar-refractivity contribution >= 4 is 5.91 Å². The van der Waals surface area contributed by atoms with Crippen molar-refractivity contribution in [1.82, 2.24) is 4.90 Å². The minimum atomic E-state index is -0.385. The first kappa shape index (κ1) is 14.0. The average molecular weight is 262 g/mol. The molecule has 1 heterocycles. The number of hydrogen-bond acceptors (Lipinski definition) is 3. The van der Waals surface area contributed by atoms with Gasteiger partial charge in [0.05, 0.1) is 6.10 Å². The fourth-order valence-electron chi connectivity index (χ4n) is 2.63. The Morgan fingerprint density at radius 2 is 2.26 bits per heavy atom. The van der Waals surface area contributed by atoms with Gasteiger partial charge in [-0.25, -0.2) is 0 Å². The molecule has 19 heavy (non-hydrogen) atoms. The van der Waals surface area contributed by atoms with Gasteiger partial charge in [0.2, 0.25) is 5.91 Å². The first-order valence-corrected chi connectivity index (χ1v) is 6.77. The second-order valence-electron chi connectivity index (χ2n) is 5.57. The zero-order valence-corrected chi connectivity index (χ0v) is 11.6. The number of nitrogens with zero attached hydrogens (tertiary/aromatic N) is 1. The Balaban J connectivity index is 2.05. The highest BCUT2D eigenvalue weighted by molar-refractivity contribution is 5.93. The molecule has 0 saturated carbocycles. The van der Waals surface area contributed by atoms with Crippen molar-refractivity contribution < 1.29 is 9.90 Å². The summed E-state index contributed by atoms with van der Waals surface area (Å²) in [6, 6.07) is 5.61. The van der Waals surface area contributed by atoms with E-state index in [2.05, 4.69) is 11.8 Å². The Hall–Kier alpha value is -1.39. The summed E-state index contributed by atoms with van der Waals surface area (Å²) in [5, 5.41) is 9.74. The Kier molecular flexibility index (Phi) is 4.22. The predicted octanol–water partition coefficient (Wildman–Crippen LogP) is 1.30. The van der Waals surface area contributed by atoms with Crippen molar-refractivity contribution in [2.24, 2.45) is 11.7 Å². The molecule has 1 aromatic carbocycles. The largest absolute Gasteiger partial charge is 0.393 e. The van der Waals surface area contributed by atoms with Crippen LogP contribution in [0.5, 0.6) is 0 Å². The SMILES string of the molecule is Cc1cc(C(N)=O)ccc1CN1CCC(O)C(C)C1. The Morgan fingerprint density at radius 1 is 1.53 bits per heavy atom. The van der Waals surface area contributed by atoms with Gasteiger partial charge in [-0.05, 0) is 42.5 Å². The van der Waals surface area contributed by atoms with E-state index in [0.29, 0.717) is 11.5 Å². The van der Waals surface area contributed by atoms with Crippen LogP contribution < -0.4 is 5.73 Å². The molecular weight excluding hydrogens is 240 g/mol. The maximum absolute atomic E-state index is 11.1. The standard InChI is InChI=1S/C15H22N2O2/c1-10-7-12(15(16)19)3-4-13(10)9-17-6-5-14(18)11(2)8-17/h3-4,7,11,14,18H,5-6,8-9H2,1-2H3,(H2,16,19). The van der Waals surface area contributed by atoms with Gasteiger partial charge in [-0.2, -0.15) is 0 Å². The third kappa shape index (κ3) is 3.33. The molecule has 1 aliphatic heterocycles. The number of carbonyl (C=O) groups excluding carboxylic acids is 1. The topological polar surface area (TPSA) is 66.6 Å². The minimum absolute atomic E-state index is 0.172. The maximum atomic E-state index is 11.1. The van der Waals surface area contributed by atoms with E-state index in [1.807, 2.05) is 19.1 Å². The van der Waals surface area contributed by atoms with Crippen LogP contribution in [0.4, 0.5) is 0 Å². The number of aliphatic hydroxyl groups is 1. The van der Waals surface area contributed by atoms with Crippen LogP contribution >= 0.6 is 0 Å². The van der Waals surface area contributed by atoms with E-state index in [0.717, 1.165) is 31.6 Å². The lowest BCUT2D eigenvalue weighted by Gasteiger charge is -2.34. The van der Waals surface area contributed by atoms with Crippen molar-refractivity contribution in [3.8, 4) is 0 Å². The van der Waals surface area contributed by atoms with E-state index >= 15 is 0 Å². The molecule has 2 unspecified atom stereocenters. The zero-order chi connectivity index (χ0) is 14.0. The maximum Gasteiger partial charge on any atom is 0.248 e. The lowest BCUT2D eigenvalue weighted by atomic mass is 9.95.